The molecule has 0 atom stereocenters. The van der Waals surface area contributed by atoms with Crippen LogP contribution < -0.4 is 10.0 Å². The van der Waals surface area contributed by atoms with Gasteiger partial charge in [0.05, 0.1) is 11.4 Å². The Labute approximate surface area is 129 Å². The van der Waals surface area contributed by atoms with Gasteiger partial charge >= 0.3 is 0 Å². The number of thiocarbonyl (C=S) groups is 1. The first kappa shape index (κ1) is 15.4. The van der Waals surface area contributed by atoms with Crippen molar-refractivity contribution in [2.75, 3.05) is 11.4 Å². The van der Waals surface area contributed by atoms with Crippen LogP contribution in [0, 0.1) is 0 Å². The monoisotopic (exact) mass is 321 g/mol. The molecule has 2 aromatic rings. The van der Waals surface area contributed by atoms with Gasteiger partial charge in [-0.15, -0.1) is 0 Å². The topological polar surface area (TPSA) is 76.3 Å². The van der Waals surface area contributed by atoms with Gasteiger partial charge in [-0.3, -0.25) is 9.29 Å². The van der Waals surface area contributed by atoms with Crippen molar-refractivity contribution in [1.29, 1.82) is 0 Å². The second kappa shape index (κ2) is 6.19. The van der Waals surface area contributed by atoms with Gasteiger partial charge < -0.3 is 5.73 Å². The Morgan fingerprint density at radius 3 is 2.29 bits per heavy atom. The van der Waals surface area contributed by atoms with Crippen LogP contribution in [0.15, 0.2) is 48.8 Å². The van der Waals surface area contributed by atoms with Gasteiger partial charge in [-0.05, 0) is 17.7 Å². The Morgan fingerprint density at radius 1 is 1.19 bits per heavy atom. The van der Waals surface area contributed by atoms with E-state index in [1.807, 2.05) is 0 Å². The average Bonchev–Trinajstić information content (AvgIpc) is 2.47. The Hall–Kier alpha value is -1.99. The second-order valence-corrected chi connectivity index (χ2v) is 6.93. The number of anilines is 1. The van der Waals surface area contributed by atoms with Gasteiger partial charge in [-0.2, -0.15) is 0 Å². The number of nitrogens with zero attached hydrogens (tertiary/aromatic N) is 2. The Balaban J connectivity index is 2.19. The fraction of sp³-hybridized carbons (Fsp3) is 0.143. The summed E-state index contributed by atoms with van der Waals surface area (Å²) in [5.41, 5.74) is 7.48. The zero-order valence-corrected chi connectivity index (χ0v) is 13.1. The number of hydrogen-bond acceptors (Lipinski definition) is 4. The third-order valence-electron chi connectivity index (χ3n) is 3.03. The van der Waals surface area contributed by atoms with E-state index < -0.39 is 10.0 Å². The van der Waals surface area contributed by atoms with E-state index in [0.717, 1.165) is 0 Å². The van der Waals surface area contributed by atoms with Gasteiger partial charge in [0.25, 0.3) is 0 Å². The van der Waals surface area contributed by atoms with Crippen molar-refractivity contribution in [3.8, 4) is 0 Å². The Bertz CT molecular complexity index is 729. The van der Waals surface area contributed by atoms with E-state index in [9.17, 15) is 8.42 Å². The molecule has 0 unspecified atom stereocenters. The van der Waals surface area contributed by atoms with E-state index in [2.05, 4.69) is 4.98 Å². The maximum Gasteiger partial charge on any atom is 0.239 e. The van der Waals surface area contributed by atoms with E-state index in [4.69, 9.17) is 18.0 Å². The zero-order valence-electron chi connectivity index (χ0n) is 11.4. The molecule has 110 valence electrons. The SMILES string of the molecule is CN(c1ccncc1)S(=O)(=O)Cc1ccc(C(N)=S)cc1. The molecule has 2 N–H and O–H groups in total. The average molecular weight is 321 g/mol. The summed E-state index contributed by atoms with van der Waals surface area (Å²) >= 11 is 4.87. The summed E-state index contributed by atoms with van der Waals surface area (Å²) in [5.74, 6) is -0.0938. The van der Waals surface area contributed by atoms with Crippen molar-refractivity contribution in [3.63, 3.8) is 0 Å². The Morgan fingerprint density at radius 2 is 1.76 bits per heavy atom. The highest BCUT2D eigenvalue weighted by atomic mass is 32.2. The first-order valence-electron chi connectivity index (χ1n) is 6.15. The molecule has 0 saturated heterocycles. The van der Waals surface area contributed by atoms with Crippen LogP contribution in [0.4, 0.5) is 5.69 Å². The van der Waals surface area contributed by atoms with Crippen LogP contribution >= 0.6 is 12.2 Å². The van der Waals surface area contributed by atoms with Crippen molar-refractivity contribution in [3.05, 3.63) is 59.9 Å². The lowest BCUT2D eigenvalue weighted by Crippen LogP contribution is -2.27. The van der Waals surface area contributed by atoms with Gasteiger partial charge in [-0.25, -0.2) is 8.42 Å². The van der Waals surface area contributed by atoms with Crippen LogP contribution in [-0.2, 0) is 15.8 Å². The second-order valence-electron chi connectivity index (χ2n) is 4.49. The minimum Gasteiger partial charge on any atom is -0.389 e. The van der Waals surface area contributed by atoms with E-state index in [1.165, 1.54) is 11.4 Å². The molecule has 0 spiro atoms. The minimum atomic E-state index is -3.46. The molecule has 0 bridgehead atoms. The summed E-state index contributed by atoms with van der Waals surface area (Å²) in [6, 6.07) is 10.2. The number of hydrogen-bond donors (Lipinski definition) is 1. The van der Waals surface area contributed by atoms with Gasteiger partial charge in [0.2, 0.25) is 10.0 Å². The number of nitrogens with two attached hydrogens (primary N) is 1. The zero-order chi connectivity index (χ0) is 15.5. The third-order valence-corrected chi connectivity index (χ3v) is 5.01. The summed E-state index contributed by atoms with van der Waals surface area (Å²) in [5, 5.41) is 0. The van der Waals surface area contributed by atoms with Gasteiger partial charge in [0.15, 0.2) is 0 Å². The fourth-order valence-electron chi connectivity index (χ4n) is 1.79. The van der Waals surface area contributed by atoms with Crippen molar-refractivity contribution in [2.45, 2.75) is 5.75 Å². The summed E-state index contributed by atoms with van der Waals surface area (Å²) in [4.78, 5) is 4.16. The standard InChI is InChI=1S/C14H15N3O2S2/c1-17(13-6-8-16-9-7-13)21(18,19)10-11-2-4-12(5-3-11)14(15)20/h2-9H,10H2,1H3,(H2,15,20). The molecule has 5 nitrogen and oxygen atoms in total. The number of aromatic nitrogens is 1. The summed E-state index contributed by atoms with van der Waals surface area (Å²) in [7, 11) is -1.94. The lowest BCUT2D eigenvalue weighted by Gasteiger charge is -2.19. The highest BCUT2D eigenvalue weighted by Gasteiger charge is 2.19. The van der Waals surface area contributed by atoms with E-state index >= 15 is 0 Å². The molecule has 21 heavy (non-hydrogen) atoms. The van der Waals surface area contributed by atoms with Crippen molar-refractivity contribution in [1.82, 2.24) is 4.98 Å². The number of pyridine rings is 1. The molecule has 0 saturated carbocycles. The van der Waals surface area contributed by atoms with E-state index in [1.54, 1.807) is 48.8 Å². The third kappa shape index (κ3) is 3.77. The molecule has 2 rings (SSSR count). The van der Waals surface area contributed by atoms with Crippen LogP contribution in [0.2, 0.25) is 0 Å². The lowest BCUT2D eigenvalue weighted by molar-refractivity contribution is 0.593. The maximum absolute atomic E-state index is 12.4. The minimum absolute atomic E-state index is 0.0938. The van der Waals surface area contributed by atoms with Crippen LogP contribution in [0.25, 0.3) is 0 Å². The fourth-order valence-corrected chi connectivity index (χ4v) is 3.17. The van der Waals surface area contributed by atoms with Crippen molar-refractivity contribution >= 4 is 32.9 Å². The molecule has 1 aromatic carbocycles. The highest BCUT2D eigenvalue weighted by Crippen LogP contribution is 2.18. The lowest BCUT2D eigenvalue weighted by atomic mass is 10.1. The van der Waals surface area contributed by atoms with Gasteiger partial charge in [0.1, 0.15) is 4.99 Å². The molecule has 0 aliphatic carbocycles. The molecule has 0 radical (unpaired) electrons. The van der Waals surface area contributed by atoms with Crippen molar-refractivity contribution in [2.24, 2.45) is 5.73 Å². The largest absolute Gasteiger partial charge is 0.389 e. The maximum atomic E-state index is 12.4. The first-order chi connectivity index (χ1) is 9.90. The van der Waals surface area contributed by atoms with E-state index in [-0.39, 0.29) is 5.75 Å². The molecule has 7 heteroatoms. The van der Waals surface area contributed by atoms with Crippen molar-refractivity contribution < 1.29 is 8.42 Å². The van der Waals surface area contributed by atoms with Crippen LogP contribution in [-0.4, -0.2) is 25.4 Å². The Kier molecular flexibility index (Phi) is 4.54. The predicted molar refractivity (Wildman–Crippen MR) is 87.6 cm³/mol. The molecular weight excluding hydrogens is 306 g/mol. The number of rotatable bonds is 5. The summed E-state index contributed by atoms with van der Waals surface area (Å²) in [6.45, 7) is 0. The summed E-state index contributed by atoms with van der Waals surface area (Å²) < 4.78 is 26.0. The molecule has 0 fully saturated rings. The predicted octanol–water partition coefficient (Wildman–Crippen LogP) is 1.68. The molecule has 0 amide bonds. The summed E-state index contributed by atoms with van der Waals surface area (Å²) in [6.07, 6.45) is 3.11. The van der Waals surface area contributed by atoms with Gasteiger partial charge in [-0.1, -0.05) is 36.5 Å². The molecular formula is C14H15N3O2S2. The van der Waals surface area contributed by atoms with Crippen LogP contribution in [0.5, 0.6) is 0 Å². The quantitative estimate of drug-likeness (QED) is 0.848. The normalized spacial score (nSPS) is 11.1. The first-order valence-corrected chi connectivity index (χ1v) is 8.17. The molecule has 0 aliphatic rings. The van der Waals surface area contributed by atoms with E-state index in [0.29, 0.717) is 21.8 Å². The molecule has 1 aromatic heterocycles. The molecule has 1 heterocycles. The highest BCUT2D eigenvalue weighted by molar-refractivity contribution is 7.92. The molecule has 0 aliphatic heterocycles. The number of benzene rings is 1. The van der Waals surface area contributed by atoms with Crippen LogP contribution in [0.1, 0.15) is 11.1 Å². The van der Waals surface area contributed by atoms with Crippen LogP contribution in [0.3, 0.4) is 0 Å². The van der Waals surface area contributed by atoms with Gasteiger partial charge in [0, 0.05) is 25.0 Å². The smallest absolute Gasteiger partial charge is 0.239 e. The number of sulfonamides is 1.